The van der Waals surface area contributed by atoms with Crippen LogP contribution in [0.5, 0.6) is 5.88 Å². The summed E-state index contributed by atoms with van der Waals surface area (Å²) in [6, 6.07) is 0.383. The van der Waals surface area contributed by atoms with Crippen LogP contribution in [-0.4, -0.2) is 28.7 Å². The van der Waals surface area contributed by atoms with Crippen LogP contribution in [0.3, 0.4) is 0 Å². The Balaban J connectivity index is 2.69. The van der Waals surface area contributed by atoms with E-state index in [4.69, 9.17) is 4.74 Å². The monoisotopic (exact) mass is 251 g/mol. The van der Waals surface area contributed by atoms with Gasteiger partial charge < -0.3 is 10.1 Å². The van der Waals surface area contributed by atoms with E-state index in [1.165, 1.54) is 0 Å². The molecule has 0 aliphatic heterocycles. The SMILES string of the molecule is CCCNC(C)C(C)c1cncc(OC(C)C)n1. The maximum atomic E-state index is 5.57. The van der Waals surface area contributed by atoms with Crippen LogP contribution in [0.4, 0.5) is 0 Å². The summed E-state index contributed by atoms with van der Waals surface area (Å²) >= 11 is 0. The van der Waals surface area contributed by atoms with Crippen molar-refractivity contribution >= 4 is 0 Å². The van der Waals surface area contributed by atoms with E-state index in [9.17, 15) is 0 Å². The van der Waals surface area contributed by atoms with E-state index in [0.29, 0.717) is 17.8 Å². The summed E-state index contributed by atoms with van der Waals surface area (Å²) in [5.74, 6) is 0.928. The van der Waals surface area contributed by atoms with Gasteiger partial charge in [0.1, 0.15) is 0 Å². The molecule has 1 aromatic rings. The molecule has 4 heteroatoms. The average Bonchev–Trinajstić information content (AvgIpc) is 2.34. The van der Waals surface area contributed by atoms with Gasteiger partial charge in [-0.2, -0.15) is 0 Å². The van der Waals surface area contributed by atoms with E-state index >= 15 is 0 Å². The minimum Gasteiger partial charge on any atom is -0.474 e. The molecule has 0 aliphatic carbocycles. The molecule has 0 fully saturated rings. The first-order valence-electron chi connectivity index (χ1n) is 6.76. The first kappa shape index (κ1) is 14.9. The number of hydrogen-bond donors (Lipinski definition) is 1. The van der Waals surface area contributed by atoms with Crippen LogP contribution in [-0.2, 0) is 0 Å². The second-order valence-corrected chi connectivity index (χ2v) is 4.98. The van der Waals surface area contributed by atoms with Gasteiger partial charge in [0.05, 0.1) is 18.0 Å². The van der Waals surface area contributed by atoms with Crippen LogP contribution in [0, 0.1) is 0 Å². The maximum absolute atomic E-state index is 5.57. The van der Waals surface area contributed by atoms with Crippen molar-refractivity contribution in [2.24, 2.45) is 0 Å². The number of hydrogen-bond acceptors (Lipinski definition) is 4. The van der Waals surface area contributed by atoms with Gasteiger partial charge in [-0.25, -0.2) is 4.98 Å². The Morgan fingerprint density at radius 2 is 1.94 bits per heavy atom. The number of nitrogens with zero attached hydrogens (tertiary/aromatic N) is 2. The molecule has 0 bridgehead atoms. The van der Waals surface area contributed by atoms with E-state index in [1.807, 2.05) is 20.0 Å². The molecular weight excluding hydrogens is 226 g/mol. The van der Waals surface area contributed by atoms with Gasteiger partial charge in [0.15, 0.2) is 0 Å². The minimum absolute atomic E-state index is 0.125. The summed E-state index contributed by atoms with van der Waals surface area (Å²) in [6.45, 7) is 11.5. The number of rotatable bonds is 7. The lowest BCUT2D eigenvalue weighted by atomic mass is 10.00. The van der Waals surface area contributed by atoms with Gasteiger partial charge >= 0.3 is 0 Å². The van der Waals surface area contributed by atoms with E-state index < -0.39 is 0 Å². The fourth-order valence-electron chi connectivity index (χ4n) is 1.68. The molecule has 0 saturated carbocycles. The Hall–Kier alpha value is -1.16. The van der Waals surface area contributed by atoms with E-state index in [-0.39, 0.29) is 6.10 Å². The normalized spacial score (nSPS) is 14.6. The average molecular weight is 251 g/mol. The standard InChI is InChI=1S/C14H25N3O/c1-6-7-16-12(5)11(4)13-8-15-9-14(17-13)18-10(2)3/h8-12,16H,6-7H2,1-5H3. The second-order valence-electron chi connectivity index (χ2n) is 4.98. The Kier molecular flexibility index (Phi) is 6.05. The summed E-state index contributed by atoms with van der Waals surface area (Å²) in [4.78, 5) is 8.72. The summed E-state index contributed by atoms with van der Waals surface area (Å²) in [6.07, 6.45) is 4.75. The van der Waals surface area contributed by atoms with Crippen molar-refractivity contribution in [2.75, 3.05) is 6.54 Å². The largest absolute Gasteiger partial charge is 0.474 e. The molecular formula is C14H25N3O. The van der Waals surface area contributed by atoms with Crippen molar-refractivity contribution < 1.29 is 4.74 Å². The third kappa shape index (κ3) is 4.61. The van der Waals surface area contributed by atoms with Crippen molar-refractivity contribution in [1.82, 2.24) is 15.3 Å². The molecule has 0 amide bonds. The van der Waals surface area contributed by atoms with Gasteiger partial charge in [-0.15, -0.1) is 0 Å². The van der Waals surface area contributed by atoms with E-state index in [0.717, 1.165) is 18.7 Å². The van der Waals surface area contributed by atoms with Crippen molar-refractivity contribution in [3.8, 4) is 5.88 Å². The zero-order valence-corrected chi connectivity index (χ0v) is 12.1. The second kappa shape index (κ2) is 7.31. The van der Waals surface area contributed by atoms with Gasteiger partial charge in [-0.3, -0.25) is 4.98 Å². The van der Waals surface area contributed by atoms with Crippen molar-refractivity contribution in [3.63, 3.8) is 0 Å². The minimum atomic E-state index is 0.125. The van der Waals surface area contributed by atoms with Gasteiger partial charge in [-0.05, 0) is 33.7 Å². The molecule has 4 nitrogen and oxygen atoms in total. The quantitative estimate of drug-likeness (QED) is 0.809. The Morgan fingerprint density at radius 3 is 2.56 bits per heavy atom. The van der Waals surface area contributed by atoms with Crippen LogP contribution >= 0.6 is 0 Å². The molecule has 102 valence electrons. The van der Waals surface area contributed by atoms with Crippen LogP contribution < -0.4 is 10.1 Å². The summed E-state index contributed by atoms with van der Waals surface area (Å²) < 4.78 is 5.57. The zero-order chi connectivity index (χ0) is 13.5. The Labute approximate surface area is 110 Å². The fourth-order valence-corrected chi connectivity index (χ4v) is 1.68. The van der Waals surface area contributed by atoms with Gasteiger partial charge in [0, 0.05) is 18.2 Å². The number of aromatic nitrogens is 2. The third-order valence-electron chi connectivity index (χ3n) is 2.92. The topological polar surface area (TPSA) is 47.0 Å². The summed E-state index contributed by atoms with van der Waals surface area (Å²) in [7, 11) is 0. The van der Waals surface area contributed by atoms with Crippen molar-refractivity contribution in [3.05, 3.63) is 18.1 Å². The predicted octanol–water partition coefficient (Wildman–Crippen LogP) is 2.76. The maximum Gasteiger partial charge on any atom is 0.232 e. The highest BCUT2D eigenvalue weighted by Crippen LogP contribution is 2.18. The van der Waals surface area contributed by atoms with Gasteiger partial charge in [0.2, 0.25) is 5.88 Å². The molecule has 0 aromatic carbocycles. The molecule has 1 N–H and O–H groups in total. The summed E-state index contributed by atoms with van der Waals surface area (Å²) in [5, 5.41) is 3.48. The predicted molar refractivity (Wildman–Crippen MR) is 74.0 cm³/mol. The highest BCUT2D eigenvalue weighted by atomic mass is 16.5. The first-order chi connectivity index (χ1) is 8.54. The molecule has 1 aromatic heterocycles. The third-order valence-corrected chi connectivity index (χ3v) is 2.92. The lowest BCUT2D eigenvalue weighted by Crippen LogP contribution is -2.32. The van der Waals surface area contributed by atoms with E-state index in [1.54, 1.807) is 6.20 Å². The molecule has 0 spiro atoms. The Bertz CT molecular complexity index is 355. The fraction of sp³-hybridized carbons (Fsp3) is 0.714. The van der Waals surface area contributed by atoms with Gasteiger partial charge in [0.25, 0.3) is 0 Å². The molecule has 0 radical (unpaired) electrons. The highest BCUT2D eigenvalue weighted by Gasteiger charge is 2.16. The molecule has 1 rings (SSSR count). The van der Waals surface area contributed by atoms with Crippen LogP contribution in [0.15, 0.2) is 12.4 Å². The molecule has 18 heavy (non-hydrogen) atoms. The Morgan fingerprint density at radius 1 is 1.22 bits per heavy atom. The molecule has 1 heterocycles. The smallest absolute Gasteiger partial charge is 0.232 e. The van der Waals surface area contributed by atoms with Crippen molar-refractivity contribution in [1.29, 1.82) is 0 Å². The van der Waals surface area contributed by atoms with Crippen LogP contribution in [0.1, 0.15) is 52.7 Å². The van der Waals surface area contributed by atoms with Crippen LogP contribution in [0.2, 0.25) is 0 Å². The molecule has 0 saturated heterocycles. The highest BCUT2D eigenvalue weighted by molar-refractivity contribution is 5.13. The molecule has 2 atom stereocenters. The molecule has 2 unspecified atom stereocenters. The van der Waals surface area contributed by atoms with Crippen LogP contribution in [0.25, 0.3) is 0 Å². The lowest BCUT2D eigenvalue weighted by Gasteiger charge is -2.21. The first-order valence-corrected chi connectivity index (χ1v) is 6.76. The van der Waals surface area contributed by atoms with Gasteiger partial charge in [-0.1, -0.05) is 13.8 Å². The molecule has 0 aliphatic rings. The van der Waals surface area contributed by atoms with E-state index in [2.05, 4.69) is 36.1 Å². The zero-order valence-electron chi connectivity index (χ0n) is 12.1. The lowest BCUT2D eigenvalue weighted by molar-refractivity contribution is 0.230. The van der Waals surface area contributed by atoms with Crippen molar-refractivity contribution in [2.45, 2.75) is 59.1 Å². The number of nitrogens with one attached hydrogen (secondary N) is 1. The summed E-state index contributed by atoms with van der Waals surface area (Å²) in [5.41, 5.74) is 0.976. The number of ether oxygens (including phenoxy) is 1.